The predicted octanol–water partition coefficient (Wildman–Crippen LogP) is 4.16. The Morgan fingerprint density at radius 2 is 1.90 bits per heavy atom. The molecule has 0 radical (unpaired) electrons. The second kappa shape index (κ2) is 7.63. The molecule has 4 rings (SSSR count). The first-order chi connectivity index (χ1) is 14.0. The lowest BCUT2D eigenvalue weighted by Gasteiger charge is -2.31. The van der Waals surface area contributed by atoms with Crippen LogP contribution in [0, 0.1) is 10.1 Å². The molecule has 29 heavy (non-hydrogen) atoms. The number of non-ortho nitro benzene ring substituents is 1. The van der Waals surface area contributed by atoms with Crippen molar-refractivity contribution in [1.29, 1.82) is 0 Å². The van der Waals surface area contributed by atoms with Gasteiger partial charge in [-0.3, -0.25) is 15.1 Å². The maximum Gasteiger partial charge on any atom is 0.269 e. The standard InChI is InChI=1S/C21H21N5O2S/c1-14(2)25-20(19(23-21(25)29)17-6-3-4-12-22-17)18-7-5-13-24(18)15-8-10-16(11-9-15)26(27)28/h3-14,19-20H,1-2H3,(H,23,29)/t19-,20-/m0/s1. The lowest BCUT2D eigenvalue weighted by molar-refractivity contribution is -0.384. The van der Waals surface area contributed by atoms with Crippen LogP contribution in [0.3, 0.4) is 0 Å². The van der Waals surface area contributed by atoms with Crippen molar-refractivity contribution in [1.82, 2.24) is 19.8 Å². The summed E-state index contributed by atoms with van der Waals surface area (Å²) in [5.41, 5.74) is 2.88. The molecular weight excluding hydrogens is 386 g/mol. The number of nitrogens with zero attached hydrogens (tertiary/aromatic N) is 4. The Labute approximate surface area is 174 Å². The van der Waals surface area contributed by atoms with Crippen LogP contribution < -0.4 is 5.32 Å². The molecule has 1 aliphatic heterocycles. The second-order valence-electron chi connectivity index (χ2n) is 7.20. The number of thiocarbonyl (C=S) groups is 1. The van der Waals surface area contributed by atoms with E-state index in [1.54, 1.807) is 18.3 Å². The maximum atomic E-state index is 11.0. The van der Waals surface area contributed by atoms with Crippen molar-refractivity contribution in [2.24, 2.45) is 0 Å². The molecule has 2 atom stereocenters. The molecule has 1 saturated heterocycles. The first-order valence-corrected chi connectivity index (χ1v) is 9.80. The van der Waals surface area contributed by atoms with Gasteiger partial charge < -0.3 is 14.8 Å². The van der Waals surface area contributed by atoms with E-state index >= 15 is 0 Å². The summed E-state index contributed by atoms with van der Waals surface area (Å²) in [6.07, 6.45) is 3.75. The van der Waals surface area contributed by atoms with E-state index in [2.05, 4.69) is 39.7 Å². The minimum atomic E-state index is -0.392. The van der Waals surface area contributed by atoms with Gasteiger partial charge in [-0.15, -0.1) is 0 Å². The molecule has 3 aromatic rings. The first kappa shape index (κ1) is 19.1. The van der Waals surface area contributed by atoms with Crippen LogP contribution in [0.15, 0.2) is 67.0 Å². The van der Waals surface area contributed by atoms with Crippen LogP contribution in [0.4, 0.5) is 5.69 Å². The fourth-order valence-electron chi connectivity index (χ4n) is 3.84. The number of nitro benzene ring substituents is 1. The monoisotopic (exact) mass is 407 g/mol. The molecule has 0 bridgehead atoms. The van der Waals surface area contributed by atoms with Gasteiger partial charge >= 0.3 is 0 Å². The van der Waals surface area contributed by atoms with E-state index in [1.165, 1.54) is 12.1 Å². The van der Waals surface area contributed by atoms with Gasteiger partial charge in [-0.25, -0.2) is 0 Å². The van der Waals surface area contributed by atoms with E-state index in [0.717, 1.165) is 17.1 Å². The highest BCUT2D eigenvalue weighted by Crippen LogP contribution is 2.40. The normalized spacial score (nSPS) is 18.9. The number of nitro groups is 1. The van der Waals surface area contributed by atoms with Crippen molar-refractivity contribution in [2.75, 3.05) is 0 Å². The summed E-state index contributed by atoms with van der Waals surface area (Å²) in [5.74, 6) is 0. The largest absolute Gasteiger partial charge is 0.352 e. The molecule has 1 fully saturated rings. The van der Waals surface area contributed by atoms with Crippen molar-refractivity contribution in [3.05, 3.63) is 88.5 Å². The van der Waals surface area contributed by atoms with Crippen LogP contribution in [-0.4, -0.2) is 30.5 Å². The van der Waals surface area contributed by atoms with E-state index in [0.29, 0.717) is 5.11 Å². The minimum Gasteiger partial charge on any atom is -0.352 e. The highest BCUT2D eigenvalue weighted by molar-refractivity contribution is 7.80. The fraction of sp³-hybridized carbons (Fsp3) is 0.238. The Balaban J connectivity index is 1.80. The smallest absolute Gasteiger partial charge is 0.269 e. The number of hydrogen-bond donors (Lipinski definition) is 1. The lowest BCUT2D eigenvalue weighted by atomic mass is 10.0. The number of benzene rings is 1. The third-order valence-electron chi connectivity index (χ3n) is 5.11. The number of nitrogens with one attached hydrogen (secondary N) is 1. The quantitative estimate of drug-likeness (QED) is 0.389. The molecule has 0 amide bonds. The summed E-state index contributed by atoms with van der Waals surface area (Å²) in [4.78, 5) is 17.3. The number of rotatable bonds is 5. The summed E-state index contributed by atoms with van der Waals surface area (Å²) in [5, 5.41) is 15.1. The predicted molar refractivity (Wildman–Crippen MR) is 115 cm³/mol. The van der Waals surface area contributed by atoms with Gasteiger partial charge in [0.15, 0.2) is 5.11 Å². The van der Waals surface area contributed by atoms with Crippen molar-refractivity contribution in [2.45, 2.75) is 32.0 Å². The molecule has 0 unspecified atom stereocenters. The van der Waals surface area contributed by atoms with E-state index in [9.17, 15) is 10.1 Å². The van der Waals surface area contributed by atoms with Crippen molar-refractivity contribution in [3.8, 4) is 5.69 Å². The molecule has 0 aliphatic carbocycles. The highest BCUT2D eigenvalue weighted by Gasteiger charge is 2.42. The van der Waals surface area contributed by atoms with Crippen LogP contribution in [0.1, 0.15) is 37.3 Å². The number of hydrogen-bond acceptors (Lipinski definition) is 4. The molecule has 0 saturated carbocycles. The topological polar surface area (TPSA) is 76.2 Å². The van der Waals surface area contributed by atoms with Crippen molar-refractivity contribution >= 4 is 23.0 Å². The fourth-order valence-corrected chi connectivity index (χ4v) is 4.29. The summed E-state index contributed by atoms with van der Waals surface area (Å²) in [7, 11) is 0. The molecule has 1 aromatic carbocycles. The van der Waals surface area contributed by atoms with Gasteiger partial charge in [0, 0.05) is 41.9 Å². The van der Waals surface area contributed by atoms with E-state index in [-0.39, 0.29) is 23.8 Å². The van der Waals surface area contributed by atoms with Gasteiger partial charge in [0.25, 0.3) is 5.69 Å². The zero-order valence-corrected chi connectivity index (χ0v) is 16.9. The molecule has 3 heterocycles. The van der Waals surface area contributed by atoms with Gasteiger partial charge in [0.1, 0.15) is 0 Å². The van der Waals surface area contributed by atoms with Crippen molar-refractivity contribution in [3.63, 3.8) is 0 Å². The Bertz CT molecular complexity index is 1030. The third-order valence-corrected chi connectivity index (χ3v) is 5.44. The molecule has 1 aliphatic rings. The molecular formula is C21H21N5O2S. The third kappa shape index (κ3) is 3.47. The second-order valence-corrected chi connectivity index (χ2v) is 7.59. The van der Waals surface area contributed by atoms with E-state index in [4.69, 9.17) is 12.2 Å². The van der Waals surface area contributed by atoms with Crippen LogP contribution >= 0.6 is 12.2 Å². The number of pyridine rings is 1. The highest BCUT2D eigenvalue weighted by atomic mass is 32.1. The van der Waals surface area contributed by atoms with Crippen LogP contribution in [0.25, 0.3) is 5.69 Å². The lowest BCUT2D eigenvalue weighted by Crippen LogP contribution is -2.36. The average Bonchev–Trinajstić information content (AvgIpc) is 3.32. The summed E-state index contributed by atoms with van der Waals surface area (Å²) < 4.78 is 2.05. The SMILES string of the molecule is CC(C)N1C(=S)N[C@@H](c2ccccn2)[C@@H]1c1cccn1-c1ccc([N+](=O)[O-])cc1. The summed E-state index contributed by atoms with van der Waals surface area (Å²) in [6, 6.07) is 16.5. The Morgan fingerprint density at radius 3 is 2.52 bits per heavy atom. The first-order valence-electron chi connectivity index (χ1n) is 9.39. The van der Waals surface area contributed by atoms with E-state index < -0.39 is 4.92 Å². The summed E-state index contributed by atoms with van der Waals surface area (Å²) in [6.45, 7) is 4.22. The Morgan fingerprint density at radius 1 is 1.14 bits per heavy atom. The Hall–Kier alpha value is -3.26. The van der Waals surface area contributed by atoms with Gasteiger partial charge in [0.05, 0.1) is 22.7 Å². The molecule has 8 heteroatoms. The van der Waals surface area contributed by atoms with E-state index in [1.807, 2.05) is 30.5 Å². The van der Waals surface area contributed by atoms with Crippen LogP contribution in [0.5, 0.6) is 0 Å². The number of aromatic nitrogens is 2. The average molecular weight is 407 g/mol. The molecule has 148 valence electrons. The van der Waals surface area contributed by atoms with Gasteiger partial charge in [0.2, 0.25) is 0 Å². The van der Waals surface area contributed by atoms with Crippen LogP contribution in [-0.2, 0) is 0 Å². The zero-order chi connectivity index (χ0) is 20.5. The van der Waals surface area contributed by atoms with Crippen LogP contribution in [0.2, 0.25) is 0 Å². The zero-order valence-electron chi connectivity index (χ0n) is 16.1. The van der Waals surface area contributed by atoms with Gasteiger partial charge in [-0.1, -0.05) is 6.07 Å². The summed E-state index contributed by atoms with van der Waals surface area (Å²) >= 11 is 5.65. The molecule has 1 N–H and O–H groups in total. The maximum absolute atomic E-state index is 11.0. The van der Waals surface area contributed by atoms with Gasteiger partial charge in [-0.2, -0.15) is 0 Å². The molecule has 7 nitrogen and oxygen atoms in total. The van der Waals surface area contributed by atoms with Crippen molar-refractivity contribution < 1.29 is 4.92 Å². The Kier molecular flexibility index (Phi) is 5.02. The van der Waals surface area contributed by atoms with Gasteiger partial charge in [-0.05, 0) is 62.5 Å². The molecule has 2 aromatic heterocycles. The minimum absolute atomic E-state index is 0.0670. The molecule has 0 spiro atoms.